The van der Waals surface area contributed by atoms with E-state index in [0.29, 0.717) is 6.54 Å². The molecule has 0 radical (unpaired) electrons. The van der Waals surface area contributed by atoms with Crippen molar-refractivity contribution < 1.29 is 9.18 Å². The molecular formula is C18H19FN2O. The summed E-state index contributed by atoms with van der Waals surface area (Å²) in [5.41, 5.74) is 3.41. The highest BCUT2D eigenvalue weighted by atomic mass is 19.1. The third-order valence-electron chi connectivity index (χ3n) is 4.05. The Balaban J connectivity index is 1.69. The fraction of sp³-hybridized carbons (Fsp3) is 0.278. The van der Waals surface area contributed by atoms with Gasteiger partial charge < -0.3 is 10.6 Å². The highest BCUT2D eigenvalue weighted by Crippen LogP contribution is 2.22. The minimum absolute atomic E-state index is 0.0717. The summed E-state index contributed by atoms with van der Waals surface area (Å²) in [7, 11) is 0. The van der Waals surface area contributed by atoms with Crippen LogP contribution in [0.4, 0.5) is 4.39 Å². The second-order valence-corrected chi connectivity index (χ2v) is 5.65. The Kier molecular flexibility index (Phi) is 4.20. The summed E-state index contributed by atoms with van der Waals surface area (Å²) >= 11 is 0. The van der Waals surface area contributed by atoms with Gasteiger partial charge in [-0.05, 0) is 48.7 Å². The van der Waals surface area contributed by atoms with E-state index in [0.717, 1.165) is 18.5 Å². The maximum Gasteiger partial charge on any atom is 0.254 e. The molecule has 1 aliphatic heterocycles. The molecule has 2 N–H and O–H groups in total. The monoisotopic (exact) mass is 298 g/mol. The third kappa shape index (κ3) is 3.02. The fourth-order valence-electron chi connectivity index (χ4n) is 2.87. The predicted octanol–water partition coefficient (Wildman–Crippen LogP) is 2.75. The number of hydrogen-bond acceptors (Lipinski definition) is 2. The van der Waals surface area contributed by atoms with Gasteiger partial charge in [-0.2, -0.15) is 0 Å². The average molecular weight is 298 g/mol. The van der Waals surface area contributed by atoms with E-state index in [-0.39, 0.29) is 17.5 Å². The number of rotatable bonds is 3. The lowest BCUT2D eigenvalue weighted by molar-refractivity contribution is 0.0945. The van der Waals surface area contributed by atoms with Crippen LogP contribution in [0.15, 0.2) is 42.5 Å². The summed E-state index contributed by atoms with van der Waals surface area (Å²) < 4.78 is 13.8. The van der Waals surface area contributed by atoms with Crippen LogP contribution in [0.2, 0.25) is 0 Å². The molecule has 2 aromatic carbocycles. The van der Waals surface area contributed by atoms with E-state index < -0.39 is 5.82 Å². The van der Waals surface area contributed by atoms with Crippen molar-refractivity contribution in [2.24, 2.45) is 0 Å². The van der Waals surface area contributed by atoms with E-state index in [2.05, 4.69) is 22.8 Å². The molecule has 4 heteroatoms. The van der Waals surface area contributed by atoms with Crippen molar-refractivity contribution in [1.29, 1.82) is 0 Å². The Morgan fingerprint density at radius 3 is 2.95 bits per heavy atom. The number of aryl methyl sites for hydroxylation is 1. The normalized spacial score (nSPS) is 16.9. The van der Waals surface area contributed by atoms with Crippen molar-refractivity contribution in [2.75, 3.05) is 13.1 Å². The highest BCUT2D eigenvalue weighted by Gasteiger charge is 2.20. The van der Waals surface area contributed by atoms with Gasteiger partial charge in [-0.3, -0.25) is 4.79 Å². The molecule has 1 unspecified atom stereocenters. The molecule has 2 aromatic rings. The zero-order valence-electron chi connectivity index (χ0n) is 12.5. The second kappa shape index (κ2) is 6.28. The molecule has 0 aliphatic carbocycles. The van der Waals surface area contributed by atoms with Crippen LogP contribution in [0.1, 0.15) is 33.1 Å². The molecule has 0 aromatic heterocycles. The van der Waals surface area contributed by atoms with Crippen LogP contribution in [0.25, 0.3) is 0 Å². The molecule has 0 bridgehead atoms. The second-order valence-electron chi connectivity index (χ2n) is 5.65. The lowest BCUT2D eigenvalue weighted by atomic mass is 9.94. The zero-order chi connectivity index (χ0) is 15.5. The first kappa shape index (κ1) is 14.7. The van der Waals surface area contributed by atoms with Crippen molar-refractivity contribution in [2.45, 2.75) is 19.4 Å². The summed E-state index contributed by atoms with van der Waals surface area (Å²) in [5.74, 6) is -0.850. The smallest absolute Gasteiger partial charge is 0.254 e. The number of carbonyl (C=O) groups excluding carboxylic acids is 1. The van der Waals surface area contributed by atoms with E-state index in [4.69, 9.17) is 0 Å². The van der Waals surface area contributed by atoms with Crippen LogP contribution < -0.4 is 10.6 Å². The minimum atomic E-state index is -0.477. The van der Waals surface area contributed by atoms with Gasteiger partial charge >= 0.3 is 0 Å². The molecule has 1 amide bonds. The van der Waals surface area contributed by atoms with E-state index in [1.165, 1.54) is 23.3 Å². The van der Waals surface area contributed by atoms with Gasteiger partial charge in [0.05, 0.1) is 5.56 Å². The summed E-state index contributed by atoms with van der Waals surface area (Å²) in [6.45, 7) is 3.13. The molecule has 0 fully saturated rings. The number of amides is 1. The van der Waals surface area contributed by atoms with Crippen LogP contribution >= 0.6 is 0 Å². The quantitative estimate of drug-likeness (QED) is 0.915. The van der Waals surface area contributed by atoms with Crippen molar-refractivity contribution in [3.8, 4) is 0 Å². The van der Waals surface area contributed by atoms with Crippen LogP contribution in [0.3, 0.4) is 0 Å². The first-order chi connectivity index (χ1) is 10.6. The molecule has 114 valence electrons. The molecule has 22 heavy (non-hydrogen) atoms. The molecule has 1 heterocycles. The van der Waals surface area contributed by atoms with Gasteiger partial charge in [0.2, 0.25) is 0 Å². The predicted molar refractivity (Wildman–Crippen MR) is 84.4 cm³/mol. The number of benzene rings is 2. The van der Waals surface area contributed by atoms with Crippen molar-refractivity contribution >= 4 is 5.91 Å². The number of hydrogen-bond donors (Lipinski definition) is 2. The first-order valence-electron chi connectivity index (χ1n) is 7.50. The summed E-state index contributed by atoms with van der Waals surface area (Å²) in [5, 5.41) is 6.23. The minimum Gasteiger partial charge on any atom is -0.350 e. The summed E-state index contributed by atoms with van der Waals surface area (Å²) in [6.07, 6.45) is 0.993. The summed E-state index contributed by atoms with van der Waals surface area (Å²) in [4.78, 5) is 12.2. The van der Waals surface area contributed by atoms with Crippen LogP contribution in [0, 0.1) is 12.7 Å². The van der Waals surface area contributed by atoms with Gasteiger partial charge in [0.15, 0.2) is 0 Å². The Morgan fingerprint density at radius 1 is 1.32 bits per heavy atom. The fourth-order valence-corrected chi connectivity index (χ4v) is 2.87. The SMILES string of the molecule is Cc1ccc(C(=O)NCC2NCCc3ccccc32)c(F)c1. The molecule has 3 rings (SSSR count). The highest BCUT2D eigenvalue weighted by molar-refractivity contribution is 5.94. The number of halogens is 1. The molecule has 1 aliphatic rings. The molecule has 0 saturated carbocycles. The van der Waals surface area contributed by atoms with E-state index >= 15 is 0 Å². The molecule has 3 nitrogen and oxygen atoms in total. The van der Waals surface area contributed by atoms with Crippen LogP contribution in [0.5, 0.6) is 0 Å². The Bertz CT molecular complexity index is 699. The van der Waals surface area contributed by atoms with Crippen molar-refractivity contribution in [3.63, 3.8) is 0 Å². The Morgan fingerprint density at radius 2 is 2.14 bits per heavy atom. The lowest BCUT2D eigenvalue weighted by Gasteiger charge is -2.27. The molecule has 1 atom stereocenters. The standard InChI is InChI=1S/C18H19FN2O/c1-12-6-7-15(16(19)10-12)18(22)21-11-17-14-5-3-2-4-13(14)8-9-20-17/h2-7,10,17,20H,8-9,11H2,1H3,(H,21,22). The van der Waals surface area contributed by atoms with Gasteiger partial charge in [0.1, 0.15) is 5.82 Å². The lowest BCUT2D eigenvalue weighted by Crippen LogP contribution is -2.39. The zero-order valence-corrected chi connectivity index (χ0v) is 12.5. The maximum atomic E-state index is 13.8. The number of carbonyl (C=O) groups is 1. The number of fused-ring (bicyclic) bond motifs is 1. The third-order valence-corrected chi connectivity index (χ3v) is 4.05. The van der Waals surface area contributed by atoms with Gasteiger partial charge in [-0.25, -0.2) is 4.39 Å². The Hall–Kier alpha value is -2.20. The maximum absolute atomic E-state index is 13.8. The molecular weight excluding hydrogens is 279 g/mol. The van der Waals surface area contributed by atoms with E-state index in [1.54, 1.807) is 13.0 Å². The number of nitrogens with one attached hydrogen (secondary N) is 2. The Labute approximate surface area is 129 Å². The summed E-state index contributed by atoms with van der Waals surface area (Å²) in [6, 6.07) is 12.9. The topological polar surface area (TPSA) is 41.1 Å². The van der Waals surface area contributed by atoms with Crippen molar-refractivity contribution in [1.82, 2.24) is 10.6 Å². The van der Waals surface area contributed by atoms with Gasteiger partial charge in [0, 0.05) is 12.6 Å². The van der Waals surface area contributed by atoms with E-state index in [1.807, 2.05) is 12.1 Å². The van der Waals surface area contributed by atoms with Crippen LogP contribution in [-0.4, -0.2) is 19.0 Å². The first-order valence-corrected chi connectivity index (χ1v) is 7.50. The van der Waals surface area contributed by atoms with Gasteiger partial charge in [-0.1, -0.05) is 30.3 Å². The van der Waals surface area contributed by atoms with E-state index in [9.17, 15) is 9.18 Å². The average Bonchev–Trinajstić information content (AvgIpc) is 2.52. The van der Waals surface area contributed by atoms with Crippen LogP contribution in [-0.2, 0) is 6.42 Å². The molecule has 0 saturated heterocycles. The molecule has 0 spiro atoms. The van der Waals surface area contributed by atoms with Gasteiger partial charge in [-0.15, -0.1) is 0 Å². The van der Waals surface area contributed by atoms with Crippen molar-refractivity contribution in [3.05, 3.63) is 70.5 Å². The van der Waals surface area contributed by atoms with Gasteiger partial charge in [0.25, 0.3) is 5.91 Å². The largest absolute Gasteiger partial charge is 0.350 e.